The number of rotatable bonds is 20. The predicted molar refractivity (Wildman–Crippen MR) is 234 cm³/mol. The van der Waals surface area contributed by atoms with Crippen LogP contribution >= 0.6 is 0 Å². The van der Waals surface area contributed by atoms with Gasteiger partial charge in [0.15, 0.2) is 0 Å². The first kappa shape index (κ1) is 49.9. The van der Waals surface area contributed by atoms with Gasteiger partial charge in [0.1, 0.15) is 48.2 Å². The summed E-state index contributed by atoms with van der Waals surface area (Å²) in [6, 6.07) is 17.3. The van der Waals surface area contributed by atoms with Crippen LogP contribution in [0.1, 0.15) is 90.2 Å². The number of carbonyl (C=O) groups is 7. The van der Waals surface area contributed by atoms with Crippen LogP contribution < -0.4 is 36.6 Å². The van der Waals surface area contributed by atoms with E-state index in [0.29, 0.717) is 17.7 Å². The smallest absolute Gasteiger partial charge is 0.408 e. The molecular weight excluding hydrogens is 797 g/mol. The van der Waals surface area contributed by atoms with Gasteiger partial charge in [-0.05, 0) is 76.3 Å². The van der Waals surface area contributed by atoms with E-state index in [2.05, 4.69) is 31.9 Å². The molecule has 6 amide bonds. The highest BCUT2D eigenvalue weighted by molar-refractivity contribution is 6.02. The molecule has 0 saturated carbocycles. The summed E-state index contributed by atoms with van der Waals surface area (Å²) >= 11 is 0. The van der Waals surface area contributed by atoms with Crippen LogP contribution in [0.3, 0.4) is 0 Å². The van der Waals surface area contributed by atoms with Gasteiger partial charge in [-0.15, -0.1) is 0 Å². The molecule has 336 valence electrons. The lowest BCUT2D eigenvalue weighted by molar-refractivity contribution is -0.146. The maximum Gasteiger partial charge on any atom is 0.408 e. The molecular formula is C46H62N6O10. The van der Waals surface area contributed by atoms with Gasteiger partial charge in [0.25, 0.3) is 5.91 Å². The quantitative estimate of drug-likeness (QED) is 0.0853. The summed E-state index contributed by atoms with van der Waals surface area (Å²) in [7, 11) is 1.23. The Labute approximate surface area is 364 Å². The average Bonchev–Trinajstić information content (AvgIpc) is 3.22. The van der Waals surface area contributed by atoms with E-state index in [0.717, 1.165) is 5.56 Å². The van der Waals surface area contributed by atoms with Crippen LogP contribution in [0.25, 0.3) is 0 Å². The summed E-state index contributed by atoms with van der Waals surface area (Å²) in [5, 5.41) is 16.1. The van der Waals surface area contributed by atoms with Crippen molar-refractivity contribution in [2.24, 2.45) is 11.8 Å². The number of methoxy groups -OCH3 is 1. The van der Waals surface area contributed by atoms with Gasteiger partial charge in [0.05, 0.1) is 7.11 Å². The van der Waals surface area contributed by atoms with Crippen molar-refractivity contribution in [3.63, 3.8) is 0 Å². The minimum atomic E-state index is -1.15. The average molecular weight is 859 g/mol. The highest BCUT2D eigenvalue weighted by Crippen LogP contribution is 2.21. The summed E-state index contributed by atoms with van der Waals surface area (Å²) in [5.74, 6) is -3.87. The Kier molecular flexibility index (Phi) is 18.9. The van der Waals surface area contributed by atoms with Crippen molar-refractivity contribution in [1.82, 2.24) is 26.6 Å². The van der Waals surface area contributed by atoms with Crippen LogP contribution in [0.15, 0.2) is 78.9 Å². The number of anilines is 1. The second-order valence-corrected chi connectivity index (χ2v) is 16.4. The van der Waals surface area contributed by atoms with E-state index in [-0.39, 0.29) is 36.1 Å². The standard InChI is InChI=1S/C46H62N6O10/c1-11-28(4)38(43(57)51-37(27(2)3)44(58)60-10)52-41(55)35-25-33(23-22-32(35)26-61-34-20-16-13-17-21-34)49-42(56)36(24-31-18-14-12-15-19-31)50-40(54)29(5)47-39(53)30(6)48-45(59)62-46(7,8)9/h12-23,25,27-30,36-38H,11,24,26H2,1-10H3,(H,47,53)(H,48,59)(H,49,56)(H,50,54)(H,51,57)(H,52,55)/t28?,29-,30-,36-,37-,38-/m0/s1. The van der Waals surface area contributed by atoms with E-state index in [9.17, 15) is 33.6 Å². The molecule has 0 aromatic heterocycles. The van der Waals surface area contributed by atoms with E-state index >= 15 is 0 Å². The third kappa shape index (κ3) is 15.9. The fourth-order valence-corrected chi connectivity index (χ4v) is 6.00. The Morgan fingerprint density at radius 2 is 1.26 bits per heavy atom. The largest absolute Gasteiger partial charge is 0.489 e. The molecule has 0 bridgehead atoms. The topological polar surface area (TPSA) is 219 Å². The highest BCUT2D eigenvalue weighted by Gasteiger charge is 2.33. The molecule has 3 rings (SSSR count). The number of hydrogen-bond donors (Lipinski definition) is 6. The highest BCUT2D eigenvalue weighted by atomic mass is 16.6. The van der Waals surface area contributed by atoms with Gasteiger partial charge in [-0.3, -0.25) is 24.0 Å². The molecule has 0 aliphatic heterocycles. The number of ether oxygens (including phenoxy) is 3. The number of alkyl carbamates (subject to hydrolysis) is 1. The van der Waals surface area contributed by atoms with Crippen molar-refractivity contribution in [1.29, 1.82) is 0 Å². The van der Waals surface area contributed by atoms with Crippen molar-refractivity contribution >= 4 is 47.3 Å². The SMILES string of the molecule is CCC(C)[C@H](NC(=O)c1cc(NC(=O)[C@H](Cc2ccccc2)NC(=O)[C@H](C)NC(=O)[C@H](C)NC(=O)OC(C)(C)C)ccc1COc1ccccc1)C(=O)N[C@H](C(=O)OC)C(C)C. The number of carbonyl (C=O) groups excluding carboxylic acids is 7. The molecule has 6 atom stereocenters. The predicted octanol–water partition coefficient (Wildman–Crippen LogP) is 4.81. The van der Waals surface area contributed by atoms with Gasteiger partial charge >= 0.3 is 12.1 Å². The number of nitrogens with one attached hydrogen (secondary N) is 6. The van der Waals surface area contributed by atoms with E-state index in [1.54, 1.807) is 102 Å². The molecule has 3 aromatic rings. The molecule has 0 spiro atoms. The monoisotopic (exact) mass is 858 g/mol. The number of benzene rings is 3. The Morgan fingerprint density at radius 3 is 1.84 bits per heavy atom. The van der Waals surface area contributed by atoms with Crippen LogP contribution in [-0.2, 0) is 46.5 Å². The van der Waals surface area contributed by atoms with Crippen molar-refractivity contribution in [2.45, 2.75) is 118 Å². The maximum absolute atomic E-state index is 14.2. The molecule has 16 nitrogen and oxygen atoms in total. The molecule has 0 fully saturated rings. The number of amides is 6. The van der Waals surface area contributed by atoms with Gasteiger partial charge in [-0.25, -0.2) is 9.59 Å². The first-order chi connectivity index (χ1) is 29.2. The molecule has 3 aromatic carbocycles. The van der Waals surface area contributed by atoms with Gasteiger partial charge in [0.2, 0.25) is 23.6 Å². The molecule has 0 saturated heterocycles. The van der Waals surface area contributed by atoms with E-state index in [1.165, 1.54) is 27.0 Å². The molecule has 1 unspecified atom stereocenters. The van der Waals surface area contributed by atoms with Gasteiger partial charge in [-0.1, -0.05) is 88.7 Å². The Hall–Kier alpha value is -6.45. The summed E-state index contributed by atoms with van der Waals surface area (Å²) in [4.78, 5) is 93.1. The second-order valence-electron chi connectivity index (χ2n) is 16.4. The van der Waals surface area contributed by atoms with E-state index in [1.807, 2.05) is 19.1 Å². The molecule has 16 heteroatoms. The maximum atomic E-state index is 14.2. The Bertz CT molecular complexity index is 2000. The minimum absolute atomic E-state index is 0.0405. The molecule has 62 heavy (non-hydrogen) atoms. The normalized spacial score (nSPS) is 14.0. The van der Waals surface area contributed by atoms with E-state index in [4.69, 9.17) is 14.2 Å². The first-order valence-electron chi connectivity index (χ1n) is 20.7. The number of hydrogen-bond acceptors (Lipinski definition) is 10. The Morgan fingerprint density at radius 1 is 0.661 bits per heavy atom. The lowest BCUT2D eigenvalue weighted by atomic mass is 9.96. The molecule has 0 heterocycles. The lowest BCUT2D eigenvalue weighted by Gasteiger charge is -2.27. The zero-order valence-electron chi connectivity index (χ0n) is 37.3. The summed E-state index contributed by atoms with van der Waals surface area (Å²) in [5.41, 5.74) is 0.691. The van der Waals surface area contributed by atoms with Crippen molar-refractivity contribution in [3.05, 3.63) is 95.6 Å². The zero-order valence-corrected chi connectivity index (χ0v) is 37.3. The number of esters is 1. The van der Waals surface area contributed by atoms with Crippen LogP contribution in [0.2, 0.25) is 0 Å². The third-order valence-electron chi connectivity index (χ3n) is 9.76. The number of para-hydroxylation sites is 1. The van der Waals surface area contributed by atoms with Gasteiger partial charge < -0.3 is 46.1 Å². The van der Waals surface area contributed by atoms with Crippen LogP contribution in [0, 0.1) is 11.8 Å². The lowest BCUT2D eigenvalue weighted by Crippen LogP contribution is -2.55. The van der Waals surface area contributed by atoms with Gasteiger partial charge in [-0.2, -0.15) is 0 Å². The first-order valence-corrected chi connectivity index (χ1v) is 20.7. The summed E-state index contributed by atoms with van der Waals surface area (Å²) in [6.07, 6.45) is -0.215. The van der Waals surface area contributed by atoms with Crippen LogP contribution in [0.4, 0.5) is 10.5 Å². The third-order valence-corrected chi connectivity index (χ3v) is 9.76. The van der Waals surface area contributed by atoms with Crippen LogP contribution in [-0.4, -0.2) is 84.5 Å². The van der Waals surface area contributed by atoms with Crippen LogP contribution in [0.5, 0.6) is 5.75 Å². The fraction of sp³-hybridized carbons (Fsp3) is 0.457. The molecule has 0 aliphatic rings. The van der Waals surface area contributed by atoms with E-state index < -0.39 is 77.4 Å². The summed E-state index contributed by atoms with van der Waals surface area (Å²) < 4.78 is 16.1. The van der Waals surface area contributed by atoms with Crippen molar-refractivity contribution in [2.75, 3.05) is 12.4 Å². The Balaban J connectivity index is 1.91. The van der Waals surface area contributed by atoms with Crippen molar-refractivity contribution < 1.29 is 47.8 Å². The fourth-order valence-electron chi connectivity index (χ4n) is 6.00. The molecule has 0 aliphatic carbocycles. The minimum Gasteiger partial charge on any atom is -0.489 e. The molecule has 6 N–H and O–H groups in total. The summed E-state index contributed by atoms with van der Waals surface area (Å²) in [6.45, 7) is 15.1. The van der Waals surface area contributed by atoms with Crippen molar-refractivity contribution in [3.8, 4) is 5.75 Å². The van der Waals surface area contributed by atoms with Gasteiger partial charge in [0, 0.05) is 23.2 Å². The molecule has 0 radical (unpaired) electrons. The zero-order chi connectivity index (χ0) is 46.1. The second kappa shape index (κ2) is 23.5.